The van der Waals surface area contributed by atoms with E-state index < -0.39 is 0 Å². The predicted octanol–water partition coefficient (Wildman–Crippen LogP) is 6.23. The van der Waals surface area contributed by atoms with Crippen molar-refractivity contribution >= 4 is 5.97 Å². The molecule has 0 amide bonds. The number of hydrogen-bond acceptors (Lipinski definition) is 2. The van der Waals surface area contributed by atoms with Crippen LogP contribution in [0, 0.1) is 12.3 Å². The van der Waals surface area contributed by atoms with Gasteiger partial charge in [0.15, 0.2) is 0 Å². The molecule has 0 bridgehead atoms. The molecule has 2 nitrogen and oxygen atoms in total. The molecule has 2 heteroatoms. The molecular formula is C26H32O2. The average Bonchev–Trinajstić information content (AvgIpc) is 3.22. The van der Waals surface area contributed by atoms with E-state index in [0.717, 1.165) is 29.7 Å². The lowest BCUT2D eigenvalue weighted by Gasteiger charge is -2.30. The minimum absolute atomic E-state index is 0.0476. The first-order chi connectivity index (χ1) is 12.9. The Labute approximate surface area is 169 Å². The van der Waals surface area contributed by atoms with Crippen LogP contribution in [0.1, 0.15) is 81.7 Å². The Bertz CT molecular complexity index is 920. The molecule has 0 radical (unpaired) electrons. The molecule has 0 saturated heterocycles. The van der Waals surface area contributed by atoms with E-state index in [4.69, 9.17) is 4.74 Å². The first-order valence-electron chi connectivity index (χ1n) is 10.4. The summed E-state index contributed by atoms with van der Waals surface area (Å²) >= 11 is 0. The zero-order valence-electron chi connectivity index (χ0n) is 18.3. The van der Waals surface area contributed by atoms with Crippen molar-refractivity contribution in [3.8, 4) is 5.75 Å². The van der Waals surface area contributed by atoms with Crippen molar-refractivity contribution in [2.24, 2.45) is 5.41 Å². The summed E-state index contributed by atoms with van der Waals surface area (Å²) in [7, 11) is 0. The summed E-state index contributed by atoms with van der Waals surface area (Å²) in [5.74, 6) is 1.07. The number of ether oxygens (including phenoxy) is 1. The smallest absolute Gasteiger partial charge is 0.318 e. The summed E-state index contributed by atoms with van der Waals surface area (Å²) in [5, 5.41) is 0. The van der Waals surface area contributed by atoms with Gasteiger partial charge in [0.2, 0.25) is 0 Å². The van der Waals surface area contributed by atoms with Gasteiger partial charge in [-0.15, -0.1) is 0 Å². The van der Waals surface area contributed by atoms with Gasteiger partial charge in [-0.2, -0.15) is 0 Å². The summed E-state index contributed by atoms with van der Waals surface area (Å²) in [4.78, 5) is 13.5. The Hall–Kier alpha value is -2.09. The molecule has 1 saturated carbocycles. The molecule has 1 fully saturated rings. The number of esters is 1. The molecular weight excluding hydrogens is 344 g/mol. The molecule has 0 heterocycles. The zero-order valence-corrected chi connectivity index (χ0v) is 18.3. The van der Waals surface area contributed by atoms with Gasteiger partial charge in [0, 0.05) is 17.0 Å². The van der Waals surface area contributed by atoms with Crippen LogP contribution in [0.15, 0.2) is 36.4 Å². The zero-order chi connectivity index (χ0) is 20.5. The fourth-order valence-corrected chi connectivity index (χ4v) is 4.77. The number of carbonyl (C=O) groups excluding carboxylic acids is 1. The Morgan fingerprint density at radius 3 is 2.11 bits per heavy atom. The minimum atomic E-state index is -0.348. The van der Waals surface area contributed by atoms with E-state index in [1.165, 1.54) is 16.7 Å². The number of hydrogen-bond donors (Lipinski definition) is 0. The van der Waals surface area contributed by atoms with Crippen molar-refractivity contribution in [3.63, 3.8) is 0 Å². The number of aryl methyl sites for hydroxylation is 1. The second-order valence-corrected chi connectivity index (χ2v) is 10.9. The van der Waals surface area contributed by atoms with Crippen LogP contribution in [0.3, 0.4) is 0 Å². The third kappa shape index (κ3) is 2.98. The number of carbonyl (C=O) groups is 1. The van der Waals surface area contributed by atoms with Crippen LogP contribution in [0.5, 0.6) is 5.75 Å². The van der Waals surface area contributed by atoms with Gasteiger partial charge in [-0.25, -0.2) is 0 Å². The largest absolute Gasteiger partial charge is 0.425 e. The van der Waals surface area contributed by atoms with E-state index in [1.807, 2.05) is 0 Å². The third-order valence-corrected chi connectivity index (χ3v) is 6.46. The molecule has 28 heavy (non-hydrogen) atoms. The number of rotatable bonds is 2. The summed E-state index contributed by atoms with van der Waals surface area (Å²) in [6, 6.07) is 12.8. The first kappa shape index (κ1) is 19.2. The summed E-state index contributed by atoms with van der Waals surface area (Å²) < 4.78 is 6.31. The van der Waals surface area contributed by atoms with E-state index in [-0.39, 0.29) is 22.2 Å². The molecule has 148 valence electrons. The molecule has 2 aromatic rings. The van der Waals surface area contributed by atoms with E-state index in [9.17, 15) is 4.79 Å². The van der Waals surface area contributed by atoms with Crippen LogP contribution < -0.4 is 4.74 Å². The normalized spacial score (nSPS) is 23.2. The van der Waals surface area contributed by atoms with E-state index in [2.05, 4.69) is 84.9 Å². The molecule has 0 aliphatic heterocycles. The van der Waals surface area contributed by atoms with Gasteiger partial charge in [-0.05, 0) is 41.7 Å². The van der Waals surface area contributed by atoms with Crippen LogP contribution in [-0.4, -0.2) is 5.97 Å². The Morgan fingerprint density at radius 2 is 1.57 bits per heavy atom. The molecule has 0 N–H and O–H groups in total. The lowest BCUT2D eigenvalue weighted by Crippen LogP contribution is -2.27. The quantitative estimate of drug-likeness (QED) is 0.459. The highest BCUT2D eigenvalue weighted by molar-refractivity contribution is 5.87. The third-order valence-electron chi connectivity index (χ3n) is 6.46. The fraction of sp³-hybridized carbons (Fsp3) is 0.500. The highest BCUT2D eigenvalue weighted by Gasteiger charge is 2.65. The fourth-order valence-electron chi connectivity index (χ4n) is 4.77. The molecule has 0 spiro atoms. The molecule has 4 rings (SSSR count). The summed E-state index contributed by atoms with van der Waals surface area (Å²) in [6.45, 7) is 15.3. The van der Waals surface area contributed by atoms with Crippen LogP contribution in [0.4, 0.5) is 0 Å². The number of benzene rings is 2. The molecule has 2 aliphatic carbocycles. The van der Waals surface area contributed by atoms with Gasteiger partial charge in [0.1, 0.15) is 5.75 Å². The lowest BCUT2D eigenvalue weighted by atomic mass is 9.78. The number of fused-ring (bicyclic) bond motifs is 3. The second-order valence-electron chi connectivity index (χ2n) is 10.9. The Kier molecular flexibility index (Phi) is 4.09. The van der Waals surface area contributed by atoms with Crippen molar-refractivity contribution < 1.29 is 9.53 Å². The standard InChI is InChI=1S/C26H32O2/c1-16-12-19(24(2,3)4)22(20(13-16)25(5,6)7)28-23(27)26-14-17-10-8-9-11-18(17)21(26)15-26/h8-13,21H,14-15H2,1-7H3/t21-,26-/m1/s1. The van der Waals surface area contributed by atoms with Gasteiger partial charge >= 0.3 is 5.97 Å². The first-order valence-corrected chi connectivity index (χ1v) is 10.4. The topological polar surface area (TPSA) is 26.3 Å². The van der Waals surface area contributed by atoms with Gasteiger partial charge in [-0.1, -0.05) is 83.5 Å². The van der Waals surface area contributed by atoms with Crippen LogP contribution in [0.2, 0.25) is 0 Å². The van der Waals surface area contributed by atoms with E-state index >= 15 is 0 Å². The molecule has 2 aromatic carbocycles. The highest BCUT2D eigenvalue weighted by atomic mass is 16.5. The van der Waals surface area contributed by atoms with Gasteiger partial charge in [0.05, 0.1) is 5.41 Å². The van der Waals surface area contributed by atoms with Crippen molar-refractivity contribution in [2.45, 2.75) is 78.1 Å². The second kappa shape index (κ2) is 5.95. The Morgan fingerprint density at radius 1 is 1.00 bits per heavy atom. The van der Waals surface area contributed by atoms with Crippen molar-refractivity contribution in [1.82, 2.24) is 0 Å². The minimum Gasteiger partial charge on any atom is -0.425 e. The maximum Gasteiger partial charge on any atom is 0.318 e. The van der Waals surface area contributed by atoms with Gasteiger partial charge in [0.25, 0.3) is 0 Å². The lowest BCUT2D eigenvalue weighted by molar-refractivity contribution is -0.140. The van der Waals surface area contributed by atoms with Crippen LogP contribution in [0.25, 0.3) is 0 Å². The summed E-state index contributed by atoms with van der Waals surface area (Å²) in [5.41, 5.74) is 5.57. The highest BCUT2D eigenvalue weighted by Crippen LogP contribution is 2.67. The van der Waals surface area contributed by atoms with Crippen molar-refractivity contribution in [1.29, 1.82) is 0 Å². The predicted molar refractivity (Wildman–Crippen MR) is 114 cm³/mol. The average molecular weight is 377 g/mol. The molecule has 2 aliphatic rings. The van der Waals surface area contributed by atoms with E-state index in [0.29, 0.717) is 5.92 Å². The molecule has 0 unspecified atom stereocenters. The SMILES string of the molecule is Cc1cc(C(C)(C)C)c(OC(=O)[C@@]23Cc4ccccc4[C@H]2C3)c(C(C)(C)C)c1. The monoisotopic (exact) mass is 376 g/mol. The van der Waals surface area contributed by atoms with Gasteiger partial charge < -0.3 is 4.74 Å². The molecule has 0 aromatic heterocycles. The van der Waals surface area contributed by atoms with Crippen molar-refractivity contribution in [3.05, 3.63) is 64.2 Å². The Balaban J connectivity index is 1.74. The van der Waals surface area contributed by atoms with Crippen LogP contribution in [-0.2, 0) is 22.0 Å². The van der Waals surface area contributed by atoms with Crippen LogP contribution >= 0.6 is 0 Å². The van der Waals surface area contributed by atoms with Crippen molar-refractivity contribution in [2.75, 3.05) is 0 Å². The summed E-state index contributed by atoms with van der Waals surface area (Å²) in [6.07, 6.45) is 1.73. The maximum absolute atomic E-state index is 13.5. The van der Waals surface area contributed by atoms with Gasteiger partial charge in [-0.3, -0.25) is 4.79 Å². The maximum atomic E-state index is 13.5. The molecule has 2 atom stereocenters. The van der Waals surface area contributed by atoms with E-state index in [1.54, 1.807) is 0 Å².